The number of para-hydroxylation sites is 1. The lowest BCUT2D eigenvalue weighted by Gasteiger charge is -2.21. The number of hydrogen-bond donors (Lipinski definition) is 1. The fourth-order valence-corrected chi connectivity index (χ4v) is 2.22. The summed E-state index contributed by atoms with van der Waals surface area (Å²) >= 11 is 0. The molecule has 0 aliphatic heterocycles. The summed E-state index contributed by atoms with van der Waals surface area (Å²) in [5.74, 6) is 0.982. The van der Waals surface area contributed by atoms with E-state index in [9.17, 15) is 4.79 Å². The van der Waals surface area contributed by atoms with Crippen molar-refractivity contribution < 1.29 is 9.21 Å². The average molecular weight is 286 g/mol. The fraction of sp³-hybridized carbons (Fsp3) is 0.353. The van der Waals surface area contributed by atoms with Gasteiger partial charge in [-0.15, -0.1) is 0 Å². The second kappa shape index (κ2) is 6.97. The lowest BCUT2D eigenvalue weighted by atomic mass is 10.1. The third kappa shape index (κ3) is 3.88. The number of hydrogen-bond acceptors (Lipinski definition) is 3. The zero-order valence-corrected chi connectivity index (χ0v) is 12.8. The van der Waals surface area contributed by atoms with Crippen molar-refractivity contribution in [3.05, 3.63) is 54.0 Å². The quantitative estimate of drug-likeness (QED) is 0.878. The van der Waals surface area contributed by atoms with Crippen molar-refractivity contribution in [2.24, 2.45) is 0 Å². The molecule has 2 aromatic rings. The van der Waals surface area contributed by atoms with Crippen molar-refractivity contribution in [2.75, 3.05) is 12.4 Å². The molecule has 1 heterocycles. The van der Waals surface area contributed by atoms with Gasteiger partial charge in [0.2, 0.25) is 5.91 Å². The molecule has 112 valence electrons. The number of carbonyl (C=O) groups is 1. The van der Waals surface area contributed by atoms with Crippen LogP contribution in [0.1, 0.15) is 37.6 Å². The number of furan rings is 1. The zero-order chi connectivity index (χ0) is 15.2. The van der Waals surface area contributed by atoms with Gasteiger partial charge in [-0.3, -0.25) is 4.79 Å². The van der Waals surface area contributed by atoms with E-state index in [2.05, 4.69) is 12.2 Å². The van der Waals surface area contributed by atoms with Crippen LogP contribution in [0.5, 0.6) is 0 Å². The third-order valence-electron chi connectivity index (χ3n) is 3.59. The minimum absolute atomic E-state index is 0.0582. The van der Waals surface area contributed by atoms with Crippen LogP contribution in [0.25, 0.3) is 0 Å². The highest BCUT2D eigenvalue weighted by Crippen LogP contribution is 2.25. The van der Waals surface area contributed by atoms with Gasteiger partial charge in [-0.05, 0) is 30.2 Å². The highest BCUT2D eigenvalue weighted by molar-refractivity contribution is 5.73. The van der Waals surface area contributed by atoms with Gasteiger partial charge in [-0.2, -0.15) is 0 Å². The maximum absolute atomic E-state index is 11.4. The molecule has 1 aromatic heterocycles. The largest absolute Gasteiger partial charge is 0.467 e. The molecule has 0 radical (unpaired) electrons. The number of anilines is 1. The molecule has 0 spiro atoms. The molecule has 2 rings (SSSR count). The number of carbonyl (C=O) groups excluding carboxylic acids is 1. The first kappa shape index (κ1) is 15.2. The van der Waals surface area contributed by atoms with Gasteiger partial charge in [0.15, 0.2) is 0 Å². The number of nitrogens with zero attached hydrogens (tertiary/aromatic N) is 1. The third-order valence-corrected chi connectivity index (χ3v) is 3.59. The van der Waals surface area contributed by atoms with Crippen molar-refractivity contribution in [1.82, 2.24) is 4.90 Å². The van der Waals surface area contributed by atoms with Crippen LogP contribution in [0.3, 0.4) is 0 Å². The summed E-state index contributed by atoms with van der Waals surface area (Å²) in [6.45, 7) is 4.28. The first-order valence-corrected chi connectivity index (χ1v) is 7.21. The topological polar surface area (TPSA) is 45.5 Å². The Morgan fingerprint density at radius 1 is 1.29 bits per heavy atom. The van der Waals surface area contributed by atoms with E-state index in [-0.39, 0.29) is 11.9 Å². The molecule has 1 atom stereocenters. The fourth-order valence-electron chi connectivity index (χ4n) is 2.22. The van der Waals surface area contributed by atoms with Crippen LogP contribution in [-0.2, 0) is 11.3 Å². The van der Waals surface area contributed by atoms with Gasteiger partial charge < -0.3 is 14.6 Å². The van der Waals surface area contributed by atoms with Crippen molar-refractivity contribution in [2.45, 2.75) is 32.9 Å². The summed E-state index contributed by atoms with van der Waals surface area (Å²) in [4.78, 5) is 13.1. The molecular weight excluding hydrogens is 264 g/mol. The predicted molar refractivity (Wildman–Crippen MR) is 84.0 cm³/mol. The summed E-state index contributed by atoms with van der Waals surface area (Å²) in [5, 5.41) is 3.51. The Bertz CT molecular complexity index is 578. The first-order valence-electron chi connectivity index (χ1n) is 7.21. The van der Waals surface area contributed by atoms with E-state index in [0.29, 0.717) is 6.54 Å². The van der Waals surface area contributed by atoms with E-state index in [1.807, 2.05) is 43.4 Å². The van der Waals surface area contributed by atoms with E-state index in [1.165, 1.54) is 0 Å². The predicted octanol–water partition coefficient (Wildman–Crippen LogP) is 3.82. The van der Waals surface area contributed by atoms with Gasteiger partial charge >= 0.3 is 0 Å². The van der Waals surface area contributed by atoms with Crippen LogP contribution in [0.4, 0.5) is 5.69 Å². The second-order valence-electron chi connectivity index (χ2n) is 5.15. The van der Waals surface area contributed by atoms with Crippen LogP contribution in [0.15, 0.2) is 47.1 Å². The normalized spacial score (nSPS) is 12.0. The first-order chi connectivity index (χ1) is 10.1. The lowest BCUT2D eigenvalue weighted by molar-refractivity contribution is -0.128. The molecule has 0 saturated carbocycles. The van der Waals surface area contributed by atoms with Gasteiger partial charge in [0.25, 0.3) is 0 Å². The molecule has 4 heteroatoms. The van der Waals surface area contributed by atoms with E-state index in [0.717, 1.165) is 23.4 Å². The second-order valence-corrected chi connectivity index (χ2v) is 5.15. The minimum Gasteiger partial charge on any atom is -0.467 e. The lowest BCUT2D eigenvalue weighted by Crippen LogP contribution is -2.24. The highest BCUT2D eigenvalue weighted by Gasteiger charge is 2.14. The Balaban J connectivity index is 2.17. The van der Waals surface area contributed by atoms with Crippen LogP contribution >= 0.6 is 0 Å². The van der Waals surface area contributed by atoms with E-state index < -0.39 is 0 Å². The van der Waals surface area contributed by atoms with Crippen molar-refractivity contribution in [1.29, 1.82) is 0 Å². The van der Waals surface area contributed by atoms with Gasteiger partial charge in [0.05, 0.1) is 12.3 Å². The molecule has 0 aliphatic rings. The van der Waals surface area contributed by atoms with E-state index in [4.69, 9.17) is 4.42 Å². The maximum atomic E-state index is 11.4. The van der Waals surface area contributed by atoms with Crippen LogP contribution in [0, 0.1) is 0 Å². The highest BCUT2D eigenvalue weighted by atomic mass is 16.3. The maximum Gasteiger partial charge on any atom is 0.219 e. The molecule has 1 amide bonds. The molecule has 4 nitrogen and oxygen atoms in total. The number of nitrogens with one attached hydrogen (secondary N) is 1. The van der Waals surface area contributed by atoms with Crippen molar-refractivity contribution >= 4 is 11.6 Å². The SMILES string of the molecule is CCC(Nc1ccccc1CN(C)C(C)=O)c1ccco1. The summed E-state index contributed by atoms with van der Waals surface area (Å²) in [6, 6.07) is 12.1. The van der Waals surface area contributed by atoms with Gasteiger partial charge in [-0.1, -0.05) is 25.1 Å². The Kier molecular flexibility index (Phi) is 5.04. The van der Waals surface area contributed by atoms with Crippen LogP contribution in [0.2, 0.25) is 0 Å². The van der Waals surface area contributed by atoms with Crippen LogP contribution in [-0.4, -0.2) is 17.9 Å². The Hall–Kier alpha value is -2.23. The van der Waals surface area contributed by atoms with Gasteiger partial charge in [0.1, 0.15) is 5.76 Å². The monoisotopic (exact) mass is 286 g/mol. The molecule has 0 aliphatic carbocycles. The minimum atomic E-state index is 0.0582. The molecule has 1 N–H and O–H groups in total. The smallest absolute Gasteiger partial charge is 0.219 e. The summed E-state index contributed by atoms with van der Waals surface area (Å²) in [7, 11) is 1.81. The molecule has 1 aromatic carbocycles. The summed E-state index contributed by atoms with van der Waals surface area (Å²) in [6.07, 6.45) is 2.61. The number of benzene rings is 1. The molecule has 0 saturated heterocycles. The number of amides is 1. The summed E-state index contributed by atoms with van der Waals surface area (Å²) < 4.78 is 5.49. The Morgan fingerprint density at radius 2 is 2.05 bits per heavy atom. The molecular formula is C17H22N2O2. The Labute approximate surface area is 125 Å². The van der Waals surface area contributed by atoms with Gasteiger partial charge in [-0.25, -0.2) is 0 Å². The zero-order valence-electron chi connectivity index (χ0n) is 12.8. The average Bonchev–Trinajstić information content (AvgIpc) is 3.00. The van der Waals surface area contributed by atoms with E-state index in [1.54, 1.807) is 18.1 Å². The van der Waals surface area contributed by atoms with Crippen molar-refractivity contribution in [3.63, 3.8) is 0 Å². The number of rotatable bonds is 6. The van der Waals surface area contributed by atoms with Crippen molar-refractivity contribution in [3.8, 4) is 0 Å². The molecule has 0 bridgehead atoms. The van der Waals surface area contributed by atoms with Gasteiger partial charge in [0, 0.05) is 26.2 Å². The Morgan fingerprint density at radius 3 is 2.67 bits per heavy atom. The molecule has 1 unspecified atom stereocenters. The molecule has 21 heavy (non-hydrogen) atoms. The summed E-state index contributed by atoms with van der Waals surface area (Å²) in [5.41, 5.74) is 2.13. The van der Waals surface area contributed by atoms with E-state index >= 15 is 0 Å². The molecule has 0 fully saturated rings. The standard InChI is InChI=1S/C17H22N2O2/c1-4-15(17-10-7-11-21-17)18-16-9-6-5-8-14(16)12-19(3)13(2)20/h5-11,15,18H,4,12H2,1-3H3. The van der Waals surface area contributed by atoms with Crippen LogP contribution < -0.4 is 5.32 Å².